The maximum atomic E-state index is 13.0. The highest BCUT2D eigenvalue weighted by molar-refractivity contribution is 7.89. The molecular formula is C21H25FN2O4S. The third-order valence-electron chi connectivity index (χ3n) is 5.25. The lowest BCUT2D eigenvalue weighted by Crippen LogP contribution is -2.43. The van der Waals surface area contributed by atoms with Crippen LogP contribution in [0.25, 0.3) is 0 Å². The van der Waals surface area contributed by atoms with Gasteiger partial charge in [-0.2, -0.15) is 4.31 Å². The van der Waals surface area contributed by atoms with Crippen LogP contribution in [0.2, 0.25) is 0 Å². The van der Waals surface area contributed by atoms with Gasteiger partial charge in [-0.1, -0.05) is 12.1 Å². The molecule has 6 nitrogen and oxygen atoms in total. The molecule has 2 aromatic rings. The van der Waals surface area contributed by atoms with Gasteiger partial charge in [0.1, 0.15) is 11.6 Å². The van der Waals surface area contributed by atoms with Gasteiger partial charge in [0.05, 0.1) is 18.0 Å². The van der Waals surface area contributed by atoms with Crippen molar-refractivity contribution in [2.75, 3.05) is 20.2 Å². The van der Waals surface area contributed by atoms with E-state index in [0.717, 1.165) is 5.56 Å². The predicted molar refractivity (Wildman–Crippen MR) is 107 cm³/mol. The molecule has 29 heavy (non-hydrogen) atoms. The van der Waals surface area contributed by atoms with Gasteiger partial charge in [-0.25, -0.2) is 12.8 Å². The Morgan fingerprint density at radius 3 is 2.24 bits per heavy atom. The van der Waals surface area contributed by atoms with Crippen molar-refractivity contribution in [3.8, 4) is 5.75 Å². The molecule has 1 heterocycles. The first-order valence-electron chi connectivity index (χ1n) is 9.51. The summed E-state index contributed by atoms with van der Waals surface area (Å²) in [5.74, 6) is -0.0872. The first kappa shape index (κ1) is 21.3. The number of amides is 1. The van der Waals surface area contributed by atoms with E-state index in [9.17, 15) is 17.6 Å². The molecule has 8 heteroatoms. The highest BCUT2D eigenvalue weighted by Crippen LogP contribution is 2.26. The second-order valence-electron chi connectivity index (χ2n) is 7.14. The van der Waals surface area contributed by atoms with Gasteiger partial charge in [-0.3, -0.25) is 4.79 Å². The van der Waals surface area contributed by atoms with Crippen molar-refractivity contribution in [3.63, 3.8) is 0 Å². The third kappa shape index (κ3) is 4.94. The van der Waals surface area contributed by atoms with E-state index >= 15 is 0 Å². The Morgan fingerprint density at radius 1 is 1.10 bits per heavy atom. The van der Waals surface area contributed by atoms with Crippen molar-refractivity contribution in [1.82, 2.24) is 9.62 Å². The summed E-state index contributed by atoms with van der Waals surface area (Å²) in [5.41, 5.74) is 0.819. The molecule has 0 saturated carbocycles. The van der Waals surface area contributed by atoms with Gasteiger partial charge in [0.2, 0.25) is 15.9 Å². The average molecular weight is 421 g/mol. The molecule has 156 valence electrons. The molecule has 0 radical (unpaired) electrons. The van der Waals surface area contributed by atoms with Crippen LogP contribution in [0.3, 0.4) is 0 Å². The molecule has 1 fully saturated rings. The zero-order valence-electron chi connectivity index (χ0n) is 16.5. The summed E-state index contributed by atoms with van der Waals surface area (Å²) in [4.78, 5) is 12.8. The number of halogens is 1. The maximum absolute atomic E-state index is 13.0. The van der Waals surface area contributed by atoms with Crippen LogP contribution < -0.4 is 10.1 Å². The van der Waals surface area contributed by atoms with Crippen LogP contribution in [0.15, 0.2) is 53.4 Å². The van der Waals surface area contributed by atoms with Crippen molar-refractivity contribution >= 4 is 15.9 Å². The molecule has 1 aliphatic heterocycles. The molecule has 1 amide bonds. The molecule has 1 atom stereocenters. The molecule has 1 N–H and O–H groups in total. The van der Waals surface area contributed by atoms with E-state index in [4.69, 9.17) is 4.74 Å². The fourth-order valence-corrected chi connectivity index (χ4v) is 4.89. The highest BCUT2D eigenvalue weighted by Gasteiger charge is 2.32. The zero-order chi connectivity index (χ0) is 21.0. The van der Waals surface area contributed by atoms with E-state index in [0.29, 0.717) is 18.6 Å². The van der Waals surface area contributed by atoms with Crippen LogP contribution in [0.4, 0.5) is 4.39 Å². The molecule has 1 saturated heterocycles. The normalized spacial score (nSPS) is 16.9. The predicted octanol–water partition coefficient (Wildman–Crippen LogP) is 3.11. The molecule has 1 aliphatic rings. The number of ether oxygens (including phenoxy) is 1. The van der Waals surface area contributed by atoms with E-state index in [-0.39, 0.29) is 41.7 Å². The van der Waals surface area contributed by atoms with E-state index in [1.54, 1.807) is 24.3 Å². The van der Waals surface area contributed by atoms with Gasteiger partial charge in [-0.05, 0) is 61.7 Å². The first-order chi connectivity index (χ1) is 13.8. The quantitative estimate of drug-likeness (QED) is 0.779. The Morgan fingerprint density at radius 2 is 1.69 bits per heavy atom. The molecule has 2 aromatic carbocycles. The lowest BCUT2D eigenvalue weighted by atomic mass is 9.96. The van der Waals surface area contributed by atoms with Gasteiger partial charge >= 0.3 is 0 Å². The number of nitrogens with zero attached hydrogens (tertiary/aromatic N) is 1. The summed E-state index contributed by atoms with van der Waals surface area (Å²) in [5, 5.41) is 2.94. The number of hydrogen-bond donors (Lipinski definition) is 1. The van der Waals surface area contributed by atoms with Crippen LogP contribution in [0.5, 0.6) is 5.75 Å². The Hall–Kier alpha value is -2.45. The van der Waals surface area contributed by atoms with Gasteiger partial charge in [0.25, 0.3) is 0 Å². The second kappa shape index (κ2) is 8.92. The van der Waals surface area contributed by atoms with Crippen molar-refractivity contribution in [3.05, 3.63) is 59.9 Å². The van der Waals surface area contributed by atoms with Crippen molar-refractivity contribution in [2.24, 2.45) is 5.92 Å². The minimum absolute atomic E-state index is 0.108. The van der Waals surface area contributed by atoms with Crippen molar-refractivity contribution < 1.29 is 22.3 Å². The largest absolute Gasteiger partial charge is 0.497 e. The van der Waals surface area contributed by atoms with E-state index in [2.05, 4.69) is 5.32 Å². The van der Waals surface area contributed by atoms with Crippen LogP contribution in [0, 0.1) is 11.7 Å². The van der Waals surface area contributed by atoms with Gasteiger partial charge in [0.15, 0.2) is 0 Å². The third-order valence-corrected chi connectivity index (χ3v) is 7.16. The van der Waals surface area contributed by atoms with Gasteiger partial charge < -0.3 is 10.1 Å². The Kier molecular flexibility index (Phi) is 6.54. The summed E-state index contributed by atoms with van der Waals surface area (Å²) in [6.07, 6.45) is 0.911. The monoisotopic (exact) mass is 420 g/mol. The second-order valence-corrected chi connectivity index (χ2v) is 9.07. The number of carbonyl (C=O) groups is 1. The zero-order valence-corrected chi connectivity index (χ0v) is 17.3. The minimum Gasteiger partial charge on any atom is -0.497 e. The SMILES string of the molecule is COc1ccc(S(=O)(=O)N2CCC(C(=O)N[C@@H](C)c3ccc(F)cc3)CC2)cc1. The molecule has 0 unspecified atom stereocenters. The minimum atomic E-state index is -3.60. The van der Waals surface area contributed by atoms with Crippen LogP contribution in [-0.2, 0) is 14.8 Å². The van der Waals surface area contributed by atoms with Gasteiger partial charge in [-0.15, -0.1) is 0 Å². The maximum Gasteiger partial charge on any atom is 0.243 e. The number of piperidine rings is 1. The number of sulfonamides is 1. The lowest BCUT2D eigenvalue weighted by molar-refractivity contribution is -0.126. The summed E-state index contributed by atoms with van der Waals surface area (Å²) >= 11 is 0. The van der Waals surface area contributed by atoms with E-state index in [1.165, 1.54) is 35.7 Å². The summed E-state index contributed by atoms with van der Waals surface area (Å²) < 4.78 is 45.1. The number of carbonyl (C=O) groups excluding carboxylic acids is 1. The Bertz CT molecular complexity index is 938. The number of nitrogens with one attached hydrogen (secondary N) is 1. The Labute approximate surface area is 170 Å². The van der Waals surface area contributed by atoms with Crippen molar-refractivity contribution in [1.29, 1.82) is 0 Å². The summed E-state index contributed by atoms with van der Waals surface area (Å²) in [6, 6.07) is 12.0. The average Bonchev–Trinajstić information content (AvgIpc) is 2.74. The summed E-state index contributed by atoms with van der Waals surface area (Å²) in [6.45, 7) is 2.42. The molecule has 0 aliphatic carbocycles. The molecule has 3 rings (SSSR count). The fourth-order valence-electron chi connectivity index (χ4n) is 3.42. The van der Waals surface area contributed by atoms with Crippen LogP contribution in [0.1, 0.15) is 31.4 Å². The van der Waals surface area contributed by atoms with Gasteiger partial charge in [0, 0.05) is 19.0 Å². The van der Waals surface area contributed by atoms with E-state index < -0.39 is 10.0 Å². The molecule has 0 spiro atoms. The molecule has 0 bridgehead atoms. The smallest absolute Gasteiger partial charge is 0.243 e. The lowest BCUT2D eigenvalue weighted by Gasteiger charge is -2.31. The Balaban J connectivity index is 1.57. The van der Waals surface area contributed by atoms with Crippen molar-refractivity contribution in [2.45, 2.75) is 30.7 Å². The highest BCUT2D eigenvalue weighted by atomic mass is 32.2. The first-order valence-corrected chi connectivity index (χ1v) is 11.0. The molecule has 0 aromatic heterocycles. The number of benzene rings is 2. The van der Waals surface area contributed by atoms with Crippen LogP contribution >= 0.6 is 0 Å². The standard InChI is InChI=1S/C21H25FN2O4S/c1-15(16-3-5-18(22)6-4-16)23-21(25)17-11-13-24(14-12-17)29(26,27)20-9-7-19(28-2)8-10-20/h3-10,15,17H,11-14H2,1-2H3,(H,23,25)/t15-/m0/s1. The number of rotatable bonds is 6. The summed E-state index contributed by atoms with van der Waals surface area (Å²) in [7, 11) is -2.07. The number of hydrogen-bond acceptors (Lipinski definition) is 4. The van der Waals surface area contributed by atoms with E-state index in [1.807, 2.05) is 6.92 Å². The molecular weight excluding hydrogens is 395 g/mol. The topological polar surface area (TPSA) is 75.7 Å². The number of methoxy groups -OCH3 is 1. The van der Waals surface area contributed by atoms with Crippen LogP contribution in [-0.4, -0.2) is 38.8 Å². The fraction of sp³-hybridized carbons (Fsp3) is 0.381.